The molecule has 1 aliphatic rings. The highest BCUT2D eigenvalue weighted by Gasteiger charge is 2.16. The van der Waals surface area contributed by atoms with Gasteiger partial charge in [0.1, 0.15) is 5.75 Å². The average Bonchev–Trinajstić information content (AvgIpc) is 2.46. The van der Waals surface area contributed by atoms with Gasteiger partial charge in [-0.2, -0.15) is 0 Å². The van der Waals surface area contributed by atoms with Gasteiger partial charge < -0.3 is 5.11 Å². The Balaban J connectivity index is 2.20. The smallest absolute Gasteiger partial charge is 0.124 e. The van der Waals surface area contributed by atoms with Gasteiger partial charge in [0.2, 0.25) is 0 Å². The molecule has 0 bridgehead atoms. The number of phenolic OH excluding ortho intramolecular Hbond substituents is 1. The molecule has 3 aromatic carbocycles. The summed E-state index contributed by atoms with van der Waals surface area (Å²) in [6.45, 7) is 0. The highest BCUT2D eigenvalue weighted by Crippen LogP contribution is 2.38. The maximum atomic E-state index is 10.4. The molecule has 1 heteroatoms. The van der Waals surface area contributed by atoms with E-state index in [1.807, 2.05) is 18.2 Å². The number of hydrogen-bond donors (Lipinski definition) is 1. The zero-order valence-corrected chi connectivity index (χ0v) is 10.8. The van der Waals surface area contributed by atoms with Gasteiger partial charge in [-0.25, -0.2) is 0 Å². The Morgan fingerprint density at radius 3 is 2.63 bits per heavy atom. The first-order valence-corrected chi connectivity index (χ1v) is 7.00. The standard InChI is InChI=1S/C18H16O/c19-17-11-13-6-2-3-7-14(13)16-10-9-12-5-1-4-8-15(12)18(16)17/h1,4-5,8-11,19H,2-3,6-7H2. The SMILES string of the molecule is Oc1cc2c(c3ccc4ccccc4c13)CCCC2. The Morgan fingerprint density at radius 2 is 1.68 bits per heavy atom. The summed E-state index contributed by atoms with van der Waals surface area (Å²) in [7, 11) is 0. The largest absolute Gasteiger partial charge is 0.507 e. The van der Waals surface area contributed by atoms with Gasteiger partial charge in [-0.15, -0.1) is 0 Å². The summed E-state index contributed by atoms with van der Waals surface area (Å²) in [5.41, 5.74) is 2.79. The average molecular weight is 248 g/mol. The third-order valence-corrected chi connectivity index (χ3v) is 4.33. The van der Waals surface area contributed by atoms with E-state index in [4.69, 9.17) is 0 Å². The summed E-state index contributed by atoms with van der Waals surface area (Å²) in [4.78, 5) is 0. The maximum Gasteiger partial charge on any atom is 0.124 e. The second-order valence-corrected chi connectivity index (χ2v) is 5.45. The van der Waals surface area contributed by atoms with Gasteiger partial charge in [-0.05, 0) is 59.0 Å². The van der Waals surface area contributed by atoms with E-state index in [9.17, 15) is 5.11 Å². The first kappa shape index (κ1) is 10.9. The van der Waals surface area contributed by atoms with Gasteiger partial charge in [0.05, 0.1) is 0 Å². The van der Waals surface area contributed by atoms with Crippen LogP contribution in [-0.2, 0) is 12.8 Å². The van der Waals surface area contributed by atoms with Crippen molar-refractivity contribution in [3.63, 3.8) is 0 Å². The molecular weight excluding hydrogens is 232 g/mol. The van der Waals surface area contributed by atoms with Gasteiger partial charge in [0, 0.05) is 5.39 Å². The van der Waals surface area contributed by atoms with Crippen molar-refractivity contribution in [1.29, 1.82) is 0 Å². The van der Waals surface area contributed by atoms with Gasteiger partial charge in [0.15, 0.2) is 0 Å². The van der Waals surface area contributed by atoms with Crippen LogP contribution in [0.2, 0.25) is 0 Å². The lowest BCUT2D eigenvalue weighted by Gasteiger charge is -2.19. The number of fused-ring (bicyclic) bond motifs is 5. The molecule has 0 atom stereocenters. The van der Waals surface area contributed by atoms with Crippen molar-refractivity contribution in [2.45, 2.75) is 25.7 Å². The molecule has 0 fully saturated rings. The van der Waals surface area contributed by atoms with Crippen LogP contribution in [0.1, 0.15) is 24.0 Å². The summed E-state index contributed by atoms with van der Waals surface area (Å²) in [5, 5.41) is 15.0. The van der Waals surface area contributed by atoms with Crippen LogP contribution in [-0.4, -0.2) is 5.11 Å². The van der Waals surface area contributed by atoms with Crippen molar-refractivity contribution < 1.29 is 5.11 Å². The fourth-order valence-corrected chi connectivity index (χ4v) is 3.43. The third kappa shape index (κ3) is 1.54. The van der Waals surface area contributed by atoms with Crippen molar-refractivity contribution in [3.8, 4) is 5.75 Å². The molecule has 0 aromatic heterocycles. The second-order valence-electron chi connectivity index (χ2n) is 5.45. The summed E-state index contributed by atoms with van der Waals surface area (Å²) in [6, 6.07) is 14.6. The Hall–Kier alpha value is -2.02. The second kappa shape index (κ2) is 3.99. The Bertz CT molecular complexity index is 786. The molecule has 1 nitrogen and oxygen atoms in total. The van der Waals surface area contributed by atoms with Gasteiger partial charge in [-0.1, -0.05) is 36.4 Å². The predicted octanol–water partition coefficient (Wildman–Crippen LogP) is 4.58. The molecule has 0 aliphatic heterocycles. The fraction of sp³-hybridized carbons (Fsp3) is 0.222. The third-order valence-electron chi connectivity index (χ3n) is 4.33. The fourth-order valence-electron chi connectivity index (χ4n) is 3.43. The van der Waals surface area contributed by atoms with Crippen LogP contribution >= 0.6 is 0 Å². The molecule has 1 aliphatic carbocycles. The summed E-state index contributed by atoms with van der Waals surface area (Å²) in [5.74, 6) is 0.437. The van der Waals surface area contributed by atoms with Crippen LogP contribution < -0.4 is 0 Å². The van der Waals surface area contributed by atoms with E-state index in [1.54, 1.807) is 0 Å². The summed E-state index contributed by atoms with van der Waals surface area (Å²) in [6.07, 6.45) is 4.75. The number of benzene rings is 3. The van der Waals surface area contributed by atoms with Crippen LogP contribution in [0, 0.1) is 0 Å². The monoisotopic (exact) mass is 248 g/mol. The molecule has 0 saturated heterocycles. The Morgan fingerprint density at radius 1 is 0.842 bits per heavy atom. The molecule has 0 radical (unpaired) electrons. The topological polar surface area (TPSA) is 20.2 Å². The quantitative estimate of drug-likeness (QED) is 0.577. The van der Waals surface area contributed by atoms with E-state index in [2.05, 4.69) is 24.3 Å². The molecule has 4 rings (SSSR count). The van der Waals surface area contributed by atoms with Crippen LogP contribution in [0.4, 0.5) is 0 Å². The number of rotatable bonds is 0. The van der Waals surface area contributed by atoms with E-state index in [0.29, 0.717) is 5.75 Å². The minimum absolute atomic E-state index is 0.437. The highest BCUT2D eigenvalue weighted by atomic mass is 16.3. The predicted molar refractivity (Wildman–Crippen MR) is 79.8 cm³/mol. The van der Waals surface area contributed by atoms with Gasteiger partial charge in [-0.3, -0.25) is 0 Å². The molecule has 19 heavy (non-hydrogen) atoms. The van der Waals surface area contributed by atoms with Gasteiger partial charge >= 0.3 is 0 Å². The lowest BCUT2D eigenvalue weighted by atomic mass is 9.86. The van der Waals surface area contributed by atoms with Crippen molar-refractivity contribution >= 4 is 21.5 Å². The van der Waals surface area contributed by atoms with E-state index in [0.717, 1.165) is 23.6 Å². The molecule has 0 unspecified atom stereocenters. The molecular formula is C18H16O. The molecule has 94 valence electrons. The first-order valence-electron chi connectivity index (χ1n) is 7.00. The molecule has 0 spiro atoms. The van der Waals surface area contributed by atoms with E-state index in [-0.39, 0.29) is 0 Å². The van der Waals surface area contributed by atoms with Crippen molar-refractivity contribution in [3.05, 3.63) is 53.6 Å². The lowest BCUT2D eigenvalue weighted by molar-refractivity contribution is 0.480. The van der Waals surface area contributed by atoms with E-state index in [1.165, 1.54) is 34.7 Å². The lowest BCUT2D eigenvalue weighted by Crippen LogP contribution is -2.03. The Labute approximate surface area is 112 Å². The summed E-state index contributed by atoms with van der Waals surface area (Å²) >= 11 is 0. The van der Waals surface area contributed by atoms with E-state index < -0.39 is 0 Å². The van der Waals surface area contributed by atoms with Crippen LogP contribution in [0.15, 0.2) is 42.5 Å². The molecule has 3 aromatic rings. The zero-order valence-electron chi connectivity index (χ0n) is 10.8. The zero-order chi connectivity index (χ0) is 12.8. The minimum atomic E-state index is 0.437. The molecule has 1 N–H and O–H groups in total. The van der Waals surface area contributed by atoms with Crippen LogP contribution in [0.25, 0.3) is 21.5 Å². The minimum Gasteiger partial charge on any atom is -0.507 e. The Kier molecular flexibility index (Phi) is 2.28. The number of phenols is 1. The molecule has 0 heterocycles. The van der Waals surface area contributed by atoms with Crippen molar-refractivity contribution in [1.82, 2.24) is 0 Å². The van der Waals surface area contributed by atoms with Crippen LogP contribution in [0.3, 0.4) is 0 Å². The van der Waals surface area contributed by atoms with Crippen molar-refractivity contribution in [2.24, 2.45) is 0 Å². The van der Waals surface area contributed by atoms with Crippen LogP contribution in [0.5, 0.6) is 5.75 Å². The van der Waals surface area contributed by atoms with E-state index >= 15 is 0 Å². The summed E-state index contributed by atoms with van der Waals surface area (Å²) < 4.78 is 0. The first-order chi connectivity index (χ1) is 9.34. The normalized spacial score (nSPS) is 14.7. The van der Waals surface area contributed by atoms with Gasteiger partial charge in [0.25, 0.3) is 0 Å². The number of hydrogen-bond acceptors (Lipinski definition) is 1. The van der Waals surface area contributed by atoms with Crippen molar-refractivity contribution in [2.75, 3.05) is 0 Å². The number of aryl methyl sites for hydroxylation is 2. The molecule has 0 saturated carbocycles. The number of aromatic hydroxyl groups is 1. The highest BCUT2D eigenvalue weighted by molar-refractivity contribution is 6.11. The maximum absolute atomic E-state index is 10.4. The molecule has 0 amide bonds.